The number of anilines is 1. The van der Waals surface area contributed by atoms with Crippen LogP contribution in [0.4, 0.5) is 11.4 Å². The third kappa shape index (κ3) is 7.83. The molecule has 2 N–H and O–H groups in total. The van der Waals surface area contributed by atoms with Gasteiger partial charge in [-0.25, -0.2) is 0 Å². The van der Waals surface area contributed by atoms with Crippen molar-refractivity contribution in [3.8, 4) is 0 Å². The number of nitrogens with zero attached hydrogens (tertiary/aromatic N) is 4. The van der Waals surface area contributed by atoms with E-state index in [0.717, 1.165) is 60.7 Å². The summed E-state index contributed by atoms with van der Waals surface area (Å²) in [7, 11) is 0. The van der Waals surface area contributed by atoms with E-state index in [1.807, 2.05) is 60.7 Å². The fourth-order valence-electron chi connectivity index (χ4n) is 6.13. The van der Waals surface area contributed by atoms with E-state index in [0.29, 0.717) is 12.1 Å². The van der Waals surface area contributed by atoms with Crippen LogP contribution in [0, 0.1) is 16.0 Å². The Morgan fingerprint density at radius 2 is 1.62 bits per heavy atom. The Bertz CT molecular complexity index is 1630. The second-order valence-corrected chi connectivity index (χ2v) is 12.0. The molecule has 244 valence electrons. The Hall–Kier alpha value is -4.68. The van der Waals surface area contributed by atoms with Crippen LogP contribution in [-0.4, -0.2) is 64.6 Å². The van der Waals surface area contributed by atoms with Gasteiger partial charge in [0.15, 0.2) is 6.29 Å². The summed E-state index contributed by atoms with van der Waals surface area (Å²) in [5, 5.41) is 23.6. The Kier molecular flexibility index (Phi) is 10.2. The van der Waals surface area contributed by atoms with Crippen molar-refractivity contribution in [2.75, 3.05) is 37.6 Å². The minimum atomic E-state index is -0.584. The molecule has 47 heavy (non-hydrogen) atoms. The zero-order chi connectivity index (χ0) is 32.8. The van der Waals surface area contributed by atoms with Gasteiger partial charge in [-0.2, -0.15) is 0 Å². The molecule has 2 fully saturated rings. The molecule has 0 unspecified atom stereocenters. The SMILES string of the molecule is C[C@H]1[C@@H](CN2CCN(c3ccc([N+](=O)[O-])cc3)CC2)O[C@@H](c2ccc(CNC(=O)c3cccnc3)cc2)O[C@H]1c1ccc(CO)cc1. The summed E-state index contributed by atoms with van der Waals surface area (Å²) < 4.78 is 13.3. The first-order valence-corrected chi connectivity index (χ1v) is 15.9. The number of nitro groups is 1. The zero-order valence-corrected chi connectivity index (χ0v) is 26.3. The number of rotatable bonds is 10. The van der Waals surface area contributed by atoms with Gasteiger partial charge in [0.2, 0.25) is 0 Å². The van der Waals surface area contributed by atoms with E-state index in [4.69, 9.17) is 9.47 Å². The van der Waals surface area contributed by atoms with Crippen LogP contribution in [0.3, 0.4) is 0 Å². The number of piperazine rings is 1. The lowest BCUT2D eigenvalue weighted by atomic mass is 9.90. The zero-order valence-electron chi connectivity index (χ0n) is 26.3. The molecule has 2 saturated heterocycles. The van der Waals surface area contributed by atoms with Gasteiger partial charge in [-0.15, -0.1) is 0 Å². The topological polar surface area (TPSA) is 130 Å². The number of nitro benzene ring substituents is 1. The molecule has 0 aliphatic carbocycles. The van der Waals surface area contributed by atoms with Crippen molar-refractivity contribution in [2.45, 2.75) is 38.6 Å². The van der Waals surface area contributed by atoms with Crippen molar-refractivity contribution in [1.82, 2.24) is 15.2 Å². The molecule has 3 aromatic carbocycles. The van der Waals surface area contributed by atoms with Crippen LogP contribution in [0.25, 0.3) is 0 Å². The van der Waals surface area contributed by atoms with Gasteiger partial charge in [-0.3, -0.25) is 24.8 Å². The van der Waals surface area contributed by atoms with Crippen molar-refractivity contribution in [3.05, 3.63) is 135 Å². The highest BCUT2D eigenvalue weighted by molar-refractivity contribution is 5.93. The van der Waals surface area contributed by atoms with Gasteiger partial charge >= 0.3 is 0 Å². The number of pyridine rings is 1. The Balaban J connectivity index is 1.13. The number of carbonyl (C=O) groups is 1. The van der Waals surface area contributed by atoms with E-state index < -0.39 is 6.29 Å². The molecular formula is C36H39N5O6. The van der Waals surface area contributed by atoms with Crippen molar-refractivity contribution >= 4 is 17.3 Å². The molecule has 6 rings (SSSR count). The lowest BCUT2D eigenvalue weighted by Gasteiger charge is -2.44. The number of ether oxygens (including phenoxy) is 2. The van der Waals surface area contributed by atoms with E-state index in [1.165, 1.54) is 0 Å². The van der Waals surface area contributed by atoms with Gasteiger partial charge in [0, 0.05) is 81.0 Å². The molecule has 11 nitrogen and oxygen atoms in total. The molecule has 2 aliphatic heterocycles. The van der Waals surface area contributed by atoms with Crippen LogP contribution in [-0.2, 0) is 22.6 Å². The van der Waals surface area contributed by atoms with E-state index in [2.05, 4.69) is 27.0 Å². The summed E-state index contributed by atoms with van der Waals surface area (Å²) in [6, 6.07) is 26.0. The lowest BCUT2D eigenvalue weighted by molar-refractivity contribution is -0.384. The van der Waals surface area contributed by atoms with E-state index in [9.17, 15) is 20.0 Å². The first kappa shape index (κ1) is 32.3. The molecule has 0 spiro atoms. The fourth-order valence-corrected chi connectivity index (χ4v) is 6.13. The average Bonchev–Trinajstić information content (AvgIpc) is 3.12. The van der Waals surface area contributed by atoms with Gasteiger partial charge < -0.3 is 24.8 Å². The monoisotopic (exact) mass is 637 g/mol. The highest BCUT2D eigenvalue weighted by atomic mass is 16.7. The number of carbonyl (C=O) groups excluding carboxylic acids is 1. The summed E-state index contributed by atoms with van der Waals surface area (Å²) >= 11 is 0. The molecule has 1 aromatic heterocycles. The maximum atomic E-state index is 12.5. The third-order valence-corrected chi connectivity index (χ3v) is 8.99. The van der Waals surface area contributed by atoms with Gasteiger partial charge in [0.25, 0.3) is 11.6 Å². The van der Waals surface area contributed by atoms with Crippen LogP contribution in [0.15, 0.2) is 97.3 Å². The number of hydrogen-bond donors (Lipinski definition) is 2. The van der Waals surface area contributed by atoms with Crippen LogP contribution >= 0.6 is 0 Å². The second kappa shape index (κ2) is 14.8. The highest BCUT2D eigenvalue weighted by Crippen LogP contribution is 2.42. The molecule has 0 saturated carbocycles. The number of hydrogen-bond acceptors (Lipinski definition) is 9. The Morgan fingerprint density at radius 1 is 0.936 bits per heavy atom. The smallest absolute Gasteiger partial charge is 0.269 e. The molecule has 0 radical (unpaired) electrons. The van der Waals surface area contributed by atoms with Crippen LogP contribution in [0.5, 0.6) is 0 Å². The molecule has 1 amide bonds. The number of nitrogens with one attached hydrogen (secondary N) is 1. The number of aliphatic hydroxyl groups excluding tert-OH is 1. The number of aliphatic hydroxyl groups is 1. The predicted molar refractivity (Wildman–Crippen MR) is 177 cm³/mol. The van der Waals surface area contributed by atoms with E-state index in [-0.39, 0.29) is 41.3 Å². The second-order valence-electron chi connectivity index (χ2n) is 12.0. The van der Waals surface area contributed by atoms with Crippen LogP contribution in [0.1, 0.15) is 51.9 Å². The summed E-state index contributed by atoms with van der Waals surface area (Å²) in [5.41, 5.74) is 5.31. The van der Waals surface area contributed by atoms with E-state index in [1.54, 1.807) is 36.7 Å². The van der Waals surface area contributed by atoms with Crippen LogP contribution in [0.2, 0.25) is 0 Å². The summed E-state index contributed by atoms with van der Waals surface area (Å²) in [4.78, 5) is 31.8. The van der Waals surface area contributed by atoms with E-state index >= 15 is 0 Å². The molecule has 0 bridgehead atoms. The fraction of sp³-hybridized carbons (Fsp3) is 0.333. The normalized spacial score (nSPS) is 21.7. The number of amides is 1. The van der Waals surface area contributed by atoms with Crippen molar-refractivity contribution in [3.63, 3.8) is 0 Å². The van der Waals surface area contributed by atoms with Gasteiger partial charge in [-0.1, -0.05) is 55.5 Å². The summed E-state index contributed by atoms with van der Waals surface area (Å²) in [6.07, 6.45) is 2.27. The minimum absolute atomic E-state index is 0.0173. The average molecular weight is 638 g/mol. The number of non-ortho nitro benzene ring substituents is 1. The maximum absolute atomic E-state index is 12.5. The van der Waals surface area contributed by atoms with Crippen molar-refractivity contribution in [2.24, 2.45) is 5.92 Å². The number of benzene rings is 3. The Labute approximate surface area is 273 Å². The van der Waals surface area contributed by atoms with Crippen molar-refractivity contribution in [1.29, 1.82) is 0 Å². The summed E-state index contributed by atoms with van der Waals surface area (Å²) in [5.74, 6) is -0.123. The van der Waals surface area contributed by atoms with Gasteiger partial charge in [-0.05, 0) is 41.0 Å². The first-order chi connectivity index (χ1) is 22.9. The van der Waals surface area contributed by atoms with Gasteiger partial charge in [0.1, 0.15) is 0 Å². The molecule has 11 heteroatoms. The minimum Gasteiger partial charge on any atom is -0.392 e. The molecule has 3 heterocycles. The largest absolute Gasteiger partial charge is 0.392 e. The van der Waals surface area contributed by atoms with Crippen molar-refractivity contribution < 1.29 is 24.3 Å². The maximum Gasteiger partial charge on any atom is 0.269 e. The summed E-state index contributed by atoms with van der Waals surface area (Å²) in [6.45, 7) is 6.55. The molecule has 4 aromatic rings. The predicted octanol–water partition coefficient (Wildman–Crippen LogP) is 5.03. The molecule has 2 aliphatic rings. The standard InChI is InChI=1S/C36H39N5O6/c1-25-33(23-39-17-19-40(20-18-39)31-12-14-32(15-13-31)41(44)45)46-36(47-34(25)28-8-6-27(24-42)7-9-28)29-10-4-26(5-11-29)21-38-35(43)30-3-2-16-37-22-30/h2-16,22,25,33-34,36,42H,17-21,23-24H2,1H3,(H,38,43)/t25-,33+,34+,36+/m0/s1. The number of aromatic nitrogens is 1. The quantitative estimate of drug-likeness (QED) is 0.182. The van der Waals surface area contributed by atoms with Gasteiger partial charge in [0.05, 0.1) is 29.3 Å². The Morgan fingerprint density at radius 3 is 2.26 bits per heavy atom. The highest BCUT2D eigenvalue weighted by Gasteiger charge is 2.39. The molecule has 4 atom stereocenters. The molecular weight excluding hydrogens is 598 g/mol. The lowest BCUT2D eigenvalue weighted by Crippen LogP contribution is -2.51. The van der Waals surface area contributed by atoms with Crippen LogP contribution < -0.4 is 10.2 Å². The third-order valence-electron chi connectivity index (χ3n) is 8.99. The first-order valence-electron chi connectivity index (χ1n) is 15.9.